The molecule has 0 radical (unpaired) electrons. The second-order valence-corrected chi connectivity index (χ2v) is 3.98. The molecular formula is C9H13ClN2O2S. The average Bonchev–Trinajstić information content (AvgIpc) is 2.17. The molecule has 0 bridgehead atoms. The molecule has 0 rings (SSSR count). The highest BCUT2D eigenvalue weighted by atomic mass is 35.5. The number of hydrogen-bond donors (Lipinski definition) is 2. The minimum atomic E-state index is -0.494. The van der Waals surface area contributed by atoms with E-state index in [4.69, 9.17) is 18.0 Å². The van der Waals surface area contributed by atoms with Gasteiger partial charge in [-0.2, -0.15) is 0 Å². The van der Waals surface area contributed by atoms with Crippen molar-refractivity contribution in [2.24, 2.45) is 0 Å². The number of carbonyl (C=O) groups excluding carboxylic acids is 2. The Kier molecular flexibility index (Phi) is 9.13. The number of urea groups is 1. The molecule has 15 heavy (non-hydrogen) atoms. The summed E-state index contributed by atoms with van der Waals surface area (Å²) in [5.74, 6) is 3.64. The molecule has 0 fully saturated rings. The summed E-state index contributed by atoms with van der Waals surface area (Å²) in [5, 5.41) is 4.68. The van der Waals surface area contributed by atoms with Crippen LogP contribution in [0.2, 0.25) is 0 Å². The van der Waals surface area contributed by atoms with Gasteiger partial charge < -0.3 is 5.32 Å². The second-order valence-electron chi connectivity index (χ2n) is 2.50. The van der Waals surface area contributed by atoms with E-state index in [0.717, 1.165) is 5.75 Å². The highest BCUT2D eigenvalue weighted by Crippen LogP contribution is 1.94. The van der Waals surface area contributed by atoms with Gasteiger partial charge in [0.25, 0.3) is 0 Å². The quantitative estimate of drug-likeness (QED) is 0.416. The molecule has 0 aromatic carbocycles. The van der Waals surface area contributed by atoms with Gasteiger partial charge in [0, 0.05) is 24.6 Å². The van der Waals surface area contributed by atoms with E-state index in [9.17, 15) is 9.59 Å². The Hall–Kier alpha value is -0.860. The maximum atomic E-state index is 11.0. The van der Waals surface area contributed by atoms with Gasteiger partial charge in [-0.25, -0.2) is 4.79 Å². The van der Waals surface area contributed by atoms with Crippen molar-refractivity contribution in [3.05, 3.63) is 0 Å². The Morgan fingerprint density at radius 2 is 2.20 bits per heavy atom. The standard InChI is InChI=1S/C9H13ClN2O2S/c1-2-6-15-7-5-11-9(14)12-8(13)3-4-10/h1H,3-7H2,(H2,11,12,13,14). The summed E-state index contributed by atoms with van der Waals surface area (Å²) in [6, 6.07) is -0.494. The van der Waals surface area contributed by atoms with Gasteiger partial charge in [0.05, 0.1) is 5.75 Å². The van der Waals surface area contributed by atoms with Crippen molar-refractivity contribution in [2.75, 3.05) is 23.9 Å². The normalized spacial score (nSPS) is 9.07. The first kappa shape index (κ1) is 14.1. The molecule has 0 saturated carbocycles. The Bertz CT molecular complexity index is 253. The Labute approximate surface area is 98.5 Å². The van der Waals surface area contributed by atoms with Crippen molar-refractivity contribution in [3.63, 3.8) is 0 Å². The fraction of sp³-hybridized carbons (Fsp3) is 0.556. The lowest BCUT2D eigenvalue weighted by molar-refractivity contribution is -0.119. The molecule has 0 spiro atoms. The number of halogens is 1. The third-order valence-corrected chi connectivity index (χ3v) is 2.34. The van der Waals surface area contributed by atoms with Crippen molar-refractivity contribution >= 4 is 35.3 Å². The average molecular weight is 249 g/mol. The molecule has 0 aromatic rings. The summed E-state index contributed by atoms with van der Waals surface area (Å²) < 4.78 is 0. The summed E-state index contributed by atoms with van der Waals surface area (Å²) >= 11 is 6.87. The second kappa shape index (κ2) is 9.69. The minimum absolute atomic E-state index is 0.140. The number of imide groups is 1. The number of rotatable bonds is 6. The lowest BCUT2D eigenvalue weighted by Crippen LogP contribution is -2.40. The van der Waals surface area contributed by atoms with E-state index in [1.165, 1.54) is 11.8 Å². The Morgan fingerprint density at radius 3 is 2.80 bits per heavy atom. The van der Waals surface area contributed by atoms with Crippen LogP contribution in [-0.2, 0) is 4.79 Å². The van der Waals surface area contributed by atoms with Crippen LogP contribution in [0.3, 0.4) is 0 Å². The van der Waals surface area contributed by atoms with Gasteiger partial charge in [-0.3, -0.25) is 10.1 Å². The molecular weight excluding hydrogens is 236 g/mol. The van der Waals surface area contributed by atoms with Crippen molar-refractivity contribution in [1.29, 1.82) is 0 Å². The summed E-state index contributed by atoms with van der Waals surface area (Å²) in [6.07, 6.45) is 5.18. The fourth-order valence-corrected chi connectivity index (χ4v) is 1.37. The third kappa shape index (κ3) is 9.44. The first-order chi connectivity index (χ1) is 7.20. The number of terminal acetylenes is 1. The van der Waals surface area contributed by atoms with Crippen LogP contribution in [-0.4, -0.2) is 35.9 Å². The van der Waals surface area contributed by atoms with Gasteiger partial charge >= 0.3 is 6.03 Å². The maximum absolute atomic E-state index is 11.0. The molecule has 0 aliphatic carbocycles. The molecule has 0 aromatic heterocycles. The molecule has 4 nitrogen and oxygen atoms in total. The van der Waals surface area contributed by atoms with E-state index in [1.807, 2.05) is 0 Å². The van der Waals surface area contributed by atoms with Crippen LogP contribution in [0.25, 0.3) is 0 Å². The summed E-state index contributed by atoms with van der Waals surface area (Å²) in [4.78, 5) is 21.9. The molecule has 0 unspecified atom stereocenters. The topological polar surface area (TPSA) is 58.2 Å². The molecule has 6 heteroatoms. The predicted molar refractivity (Wildman–Crippen MR) is 63.0 cm³/mol. The molecule has 0 atom stereocenters. The Balaban J connectivity index is 3.41. The van der Waals surface area contributed by atoms with Crippen LogP contribution < -0.4 is 10.6 Å². The van der Waals surface area contributed by atoms with E-state index in [-0.39, 0.29) is 18.2 Å². The van der Waals surface area contributed by atoms with Crippen LogP contribution in [0.4, 0.5) is 4.79 Å². The van der Waals surface area contributed by atoms with Gasteiger partial charge in [-0.05, 0) is 0 Å². The zero-order valence-corrected chi connectivity index (χ0v) is 9.79. The van der Waals surface area contributed by atoms with Gasteiger partial charge in [0.1, 0.15) is 0 Å². The molecule has 0 heterocycles. The largest absolute Gasteiger partial charge is 0.337 e. The maximum Gasteiger partial charge on any atom is 0.321 e. The van der Waals surface area contributed by atoms with E-state index in [2.05, 4.69) is 16.6 Å². The zero-order chi connectivity index (χ0) is 11.5. The van der Waals surface area contributed by atoms with Gasteiger partial charge in [-0.15, -0.1) is 29.8 Å². The highest BCUT2D eigenvalue weighted by molar-refractivity contribution is 7.99. The summed E-state index contributed by atoms with van der Waals surface area (Å²) in [6.45, 7) is 0.479. The van der Waals surface area contributed by atoms with Crippen LogP contribution in [0.5, 0.6) is 0 Å². The van der Waals surface area contributed by atoms with Crippen LogP contribution in [0, 0.1) is 12.3 Å². The molecule has 2 N–H and O–H groups in total. The van der Waals surface area contributed by atoms with Crippen LogP contribution in [0.15, 0.2) is 0 Å². The molecule has 84 valence electrons. The van der Waals surface area contributed by atoms with Crippen LogP contribution >= 0.6 is 23.4 Å². The molecule has 0 aliphatic heterocycles. The van der Waals surface area contributed by atoms with Gasteiger partial charge in [-0.1, -0.05) is 5.92 Å². The van der Waals surface area contributed by atoms with E-state index < -0.39 is 6.03 Å². The number of carbonyl (C=O) groups is 2. The van der Waals surface area contributed by atoms with E-state index in [0.29, 0.717) is 12.3 Å². The van der Waals surface area contributed by atoms with E-state index >= 15 is 0 Å². The van der Waals surface area contributed by atoms with Crippen molar-refractivity contribution < 1.29 is 9.59 Å². The predicted octanol–water partition coefficient (Wildman–Crippen LogP) is 0.807. The lowest BCUT2D eigenvalue weighted by atomic mass is 10.4. The molecule has 3 amide bonds. The third-order valence-electron chi connectivity index (χ3n) is 1.29. The molecule has 0 saturated heterocycles. The van der Waals surface area contributed by atoms with Crippen molar-refractivity contribution in [3.8, 4) is 12.3 Å². The van der Waals surface area contributed by atoms with Crippen LogP contribution in [0.1, 0.15) is 6.42 Å². The summed E-state index contributed by atoms with van der Waals surface area (Å²) in [5.41, 5.74) is 0. The number of amides is 3. The monoisotopic (exact) mass is 248 g/mol. The van der Waals surface area contributed by atoms with Crippen molar-refractivity contribution in [1.82, 2.24) is 10.6 Å². The number of nitrogens with one attached hydrogen (secondary N) is 2. The molecule has 0 aliphatic rings. The van der Waals surface area contributed by atoms with Crippen molar-refractivity contribution in [2.45, 2.75) is 6.42 Å². The zero-order valence-electron chi connectivity index (χ0n) is 8.22. The highest BCUT2D eigenvalue weighted by Gasteiger charge is 2.05. The SMILES string of the molecule is C#CCSCCNC(=O)NC(=O)CCCl. The summed E-state index contributed by atoms with van der Waals surface area (Å²) in [7, 11) is 0. The first-order valence-electron chi connectivity index (χ1n) is 4.35. The minimum Gasteiger partial charge on any atom is -0.337 e. The Morgan fingerprint density at radius 1 is 1.47 bits per heavy atom. The number of thioether (sulfide) groups is 1. The fourth-order valence-electron chi connectivity index (χ4n) is 0.687. The van der Waals surface area contributed by atoms with Gasteiger partial charge in [0.2, 0.25) is 5.91 Å². The lowest BCUT2D eigenvalue weighted by Gasteiger charge is -2.04. The van der Waals surface area contributed by atoms with Gasteiger partial charge in [0.15, 0.2) is 0 Å². The smallest absolute Gasteiger partial charge is 0.321 e. The number of alkyl halides is 1. The number of hydrogen-bond acceptors (Lipinski definition) is 3. The van der Waals surface area contributed by atoms with E-state index in [1.54, 1.807) is 0 Å². The first-order valence-corrected chi connectivity index (χ1v) is 6.04.